The maximum absolute atomic E-state index is 13.8. The zero-order valence-corrected chi connectivity index (χ0v) is 39.7. The monoisotopic (exact) mass is 916 g/mol. The molecule has 0 aliphatic carbocycles. The molecule has 18 nitrogen and oxygen atoms in total. The van der Waals surface area contributed by atoms with E-state index in [-0.39, 0.29) is 31.7 Å². The number of likely N-dealkylation sites (N-methyl/N-ethyl adjacent to an activating group) is 1. The molecule has 0 unspecified atom stereocenters. The van der Waals surface area contributed by atoms with Crippen molar-refractivity contribution in [1.29, 1.82) is 0 Å². The van der Waals surface area contributed by atoms with Gasteiger partial charge in [0.1, 0.15) is 49.0 Å². The molecule has 5 N–H and O–H groups in total. The summed E-state index contributed by atoms with van der Waals surface area (Å²) in [6.07, 6.45) is -8.49. The number of cyclic esters (lactones) is 1. The lowest BCUT2D eigenvalue weighted by molar-refractivity contribution is -0.341. The van der Waals surface area contributed by atoms with Crippen LogP contribution in [0.1, 0.15) is 87.5 Å². The normalized spacial score (nSPS) is 45.9. The van der Waals surface area contributed by atoms with Crippen molar-refractivity contribution in [2.45, 2.75) is 191 Å². The molecule has 21 atom stereocenters. The van der Waals surface area contributed by atoms with E-state index in [9.17, 15) is 39.9 Å². The molecule has 18 heteroatoms. The first-order chi connectivity index (χ1) is 30.1. The van der Waals surface area contributed by atoms with Crippen LogP contribution in [0.15, 0.2) is 23.8 Å². The molecule has 0 aromatic carbocycles. The molecule has 0 spiro atoms. The fraction of sp³-hybridized carbons (Fsp3) is 0.848. The molecule has 0 aromatic heterocycles. The van der Waals surface area contributed by atoms with E-state index >= 15 is 0 Å². The van der Waals surface area contributed by atoms with Gasteiger partial charge in [-0.3, -0.25) is 9.59 Å². The highest BCUT2D eigenvalue weighted by molar-refractivity contribution is 5.91. The maximum Gasteiger partial charge on any atom is 0.308 e. The Balaban J connectivity index is 1.62. The highest BCUT2D eigenvalue weighted by Gasteiger charge is 2.52. The highest BCUT2D eigenvalue weighted by atomic mass is 16.7. The van der Waals surface area contributed by atoms with Gasteiger partial charge in [0.05, 0.1) is 55.2 Å². The minimum atomic E-state index is -1.49. The number of carbonyl (C=O) groups excluding carboxylic acids is 3. The molecular formula is C46H77NO17. The smallest absolute Gasteiger partial charge is 0.308 e. The second kappa shape index (κ2) is 24.1. The molecule has 368 valence electrons. The predicted octanol–water partition coefficient (Wildman–Crippen LogP) is 1.83. The zero-order valence-electron chi connectivity index (χ0n) is 39.7. The third-order valence-electron chi connectivity index (χ3n) is 13.4. The third kappa shape index (κ3) is 13.5. The van der Waals surface area contributed by atoms with Crippen LogP contribution >= 0.6 is 0 Å². The molecular weight excluding hydrogens is 838 g/mol. The molecule has 4 rings (SSSR count). The quantitative estimate of drug-likeness (QED) is 0.131. The Labute approximate surface area is 378 Å². The molecule has 0 saturated carbocycles. The van der Waals surface area contributed by atoms with Crippen molar-refractivity contribution >= 4 is 18.0 Å². The van der Waals surface area contributed by atoms with Gasteiger partial charge >= 0.3 is 5.97 Å². The molecule has 0 radical (unpaired) electrons. The van der Waals surface area contributed by atoms with Crippen molar-refractivity contribution in [2.75, 3.05) is 34.9 Å². The van der Waals surface area contributed by atoms with Crippen LogP contribution in [-0.4, -0.2) is 187 Å². The Morgan fingerprint density at radius 1 is 0.859 bits per heavy atom. The van der Waals surface area contributed by atoms with Gasteiger partial charge in [-0.25, -0.2) is 0 Å². The van der Waals surface area contributed by atoms with Crippen LogP contribution in [0.25, 0.3) is 0 Å². The first-order valence-corrected chi connectivity index (χ1v) is 22.7. The van der Waals surface area contributed by atoms with Gasteiger partial charge < -0.3 is 77.9 Å². The first-order valence-electron chi connectivity index (χ1n) is 22.7. The Morgan fingerprint density at radius 3 is 2.11 bits per heavy atom. The van der Waals surface area contributed by atoms with E-state index in [1.165, 1.54) is 27.2 Å². The van der Waals surface area contributed by atoms with Gasteiger partial charge in [-0.15, -0.1) is 0 Å². The largest absolute Gasteiger partial charge is 0.462 e. The van der Waals surface area contributed by atoms with E-state index in [1.54, 1.807) is 59.7 Å². The van der Waals surface area contributed by atoms with Crippen LogP contribution in [0.5, 0.6) is 0 Å². The van der Waals surface area contributed by atoms with Gasteiger partial charge in [0.2, 0.25) is 0 Å². The number of ether oxygens (including phenoxy) is 9. The fourth-order valence-corrected chi connectivity index (χ4v) is 9.51. The molecule has 4 heterocycles. The summed E-state index contributed by atoms with van der Waals surface area (Å²) in [6, 6.07) is -0.748. The molecule has 0 amide bonds. The molecule has 0 bridgehead atoms. The van der Waals surface area contributed by atoms with Gasteiger partial charge in [-0.2, -0.15) is 0 Å². The topological polar surface area (TPSA) is 239 Å². The number of aldehydes is 1. The number of hydrogen-bond donors (Lipinski definition) is 5. The maximum atomic E-state index is 13.8. The summed E-state index contributed by atoms with van der Waals surface area (Å²) in [5.41, 5.74) is -0.806. The number of methoxy groups -OCH3 is 2. The number of rotatable bonds is 13. The van der Waals surface area contributed by atoms with Crippen LogP contribution < -0.4 is 0 Å². The van der Waals surface area contributed by atoms with Gasteiger partial charge in [-0.05, 0) is 73.5 Å². The summed E-state index contributed by atoms with van der Waals surface area (Å²) in [5.74, 6) is -3.59. The van der Waals surface area contributed by atoms with Crippen LogP contribution in [0.4, 0.5) is 0 Å². The van der Waals surface area contributed by atoms with E-state index in [4.69, 9.17) is 42.6 Å². The van der Waals surface area contributed by atoms with Crippen molar-refractivity contribution in [3.63, 3.8) is 0 Å². The van der Waals surface area contributed by atoms with Gasteiger partial charge in [0.25, 0.3) is 0 Å². The second-order valence-corrected chi connectivity index (χ2v) is 18.7. The highest BCUT2D eigenvalue weighted by Crippen LogP contribution is 2.37. The van der Waals surface area contributed by atoms with Crippen LogP contribution in [0, 0.1) is 23.7 Å². The predicted molar refractivity (Wildman–Crippen MR) is 230 cm³/mol. The van der Waals surface area contributed by atoms with Gasteiger partial charge in [-0.1, -0.05) is 38.5 Å². The minimum absolute atomic E-state index is 0.00788. The van der Waals surface area contributed by atoms with Crippen molar-refractivity contribution < 1.29 is 82.5 Å². The summed E-state index contributed by atoms with van der Waals surface area (Å²) in [4.78, 5) is 41.5. The zero-order chi connectivity index (χ0) is 47.8. The number of nitrogens with zero attached hydrogens (tertiary/aromatic N) is 1. The SMILES string of the molecule is CC[C@H]1OC(=O)C[C@@H](O)[C@@H](C)[C@@H](O[C@@H]2O[C@H](C)[C@@H](O[C@H]3C[C@@](C)(O)[C@@H](O)[C@H](C)O3)[C@H](N(C)C)[C@H]2O)[C@@H](CC=O)C[C@@H](C)C(=O)/C=C/C(C)=C/[C@@H]1CO[C@H]1O[C@@H](C)[C@H](O)[C@H](OC)[C@@H]1OC. The minimum Gasteiger partial charge on any atom is -0.462 e. The van der Waals surface area contributed by atoms with Crippen molar-refractivity contribution in [1.82, 2.24) is 4.90 Å². The molecule has 4 aliphatic rings. The lowest BCUT2D eigenvalue weighted by Crippen LogP contribution is -2.65. The Hall–Kier alpha value is -2.27. The van der Waals surface area contributed by atoms with Crippen molar-refractivity contribution in [3.8, 4) is 0 Å². The number of aliphatic hydroxyl groups is 5. The number of ketones is 1. The van der Waals surface area contributed by atoms with E-state index in [2.05, 4.69) is 0 Å². The summed E-state index contributed by atoms with van der Waals surface area (Å²) in [6.45, 7) is 13.6. The standard InChI is InChI=1S/C46H77NO17/c1-13-33-30(22-58-45-42(57-12)41(56-11)37(52)26(5)60-45)18-23(2)14-15-31(49)24(3)19-29(16-17-48)39(25(4)32(50)20-34(51)62-33)64-44-38(53)36(47(9)10)40(27(6)61-44)63-35-21-46(8,55)43(54)28(7)59-35/h14-15,17-18,24-30,32-33,35-45,50,52-55H,13,16,19-22H2,1-12H3/b15-14+,23-18+/t24-,25-,26+,27-,28+,29+,30-,32-,33-,35+,36-,37+,38-,39-,40-,41+,42+,43+,44+,45+,46-/m1/s1. The van der Waals surface area contributed by atoms with Gasteiger partial charge in [0, 0.05) is 44.8 Å². The number of hydrogen-bond acceptors (Lipinski definition) is 18. The van der Waals surface area contributed by atoms with Crippen molar-refractivity contribution in [3.05, 3.63) is 23.8 Å². The fourth-order valence-electron chi connectivity index (χ4n) is 9.51. The number of allylic oxidation sites excluding steroid dienone is 3. The molecule has 64 heavy (non-hydrogen) atoms. The Morgan fingerprint density at radius 2 is 1.52 bits per heavy atom. The first kappa shape index (κ1) is 54.3. The van der Waals surface area contributed by atoms with E-state index in [0.29, 0.717) is 12.0 Å². The van der Waals surface area contributed by atoms with Crippen LogP contribution in [0.2, 0.25) is 0 Å². The summed E-state index contributed by atoms with van der Waals surface area (Å²) >= 11 is 0. The van der Waals surface area contributed by atoms with E-state index < -0.39 is 140 Å². The molecule has 0 aromatic rings. The van der Waals surface area contributed by atoms with Crippen LogP contribution in [-0.2, 0) is 57.0 Å². The number of carbonyl (C=O) groups is 3. The lowest BCUT2D eigenvalue weighted by atomic mass is 9.79. The van der Waals surface area contributed by atoms with E-state index in [1.807, 2.05) is 19.9 Å². The summed E-state index contributed by atoms with van der Waals surface area (Å²) < 4.78 is 54.7. The van der Waals surface area contributed by atoms with Gasteiger partial charge in [0.15, 0.2) is 24.7 Å². The lowest BCUT2D eigenvalue weighted by Gasteiger charge is -2.50. The molecule has 3 saturated heterocycles. The molecule has 4 aliphatic heterocycles. The average molecular weight is 916 g/mol. The van der Waals surface area contributed by atoms with Crippen molar-refractivity contribution in [2.24, 2.45) is 23.7 Å². The average Bonchev–Trinajstić information content (AvgIpc) is 3.23. The number of aliphatic hydroxyl groups excluding tert-OH is 4. The Bertz CT molecular complexity index is 1560. The van der Waals surface area contributed by atoms with Crippen LogP contribution in [0.3, 0.4) is 0 Å². The summed E-state index contributed by atoms with van der Waals surface area (Å²) in [5, 5.41) is 55.8. The summed E-state index contributed by atoms with van der Waals surface area (Å²) in [7, 11) is 6.43. The third-order valence-corrected chi connectivity index (χ3v) is 13.4. The number of esters is 1. The second-order valence-electron chi connectivity index (χ2n) is 18.7. The van der Waals surface area contributed by atoms with E-state index in [0.717, 1.165) is 6.29 Å². The molecule has 3 fully saturated rings. The Kier molecular flexibility index (Phi) is 20.5.